The van der Waals surface area contributed by atoms with Crippen LogP contribution in [-0.4, -0.2) is 12.6 Å². The van der Waals surface area contributed by atoms with Crippen LogP contribution in [0.3, 0.4) is 0 Å². The highest BCUT2D eigenvalue weighted by Gasteiger charge is 2.13. The van der Waals surface area contributed by atoms with E-state index in [-0.39, 0.29) is 0 Å². The van der Waals surface area contributed by atoms with Crippen LogP contribution in [0.2, 0.25) is 0 Å². The summed E-state index contributed by atoms with van der Waals surface area (Å²) >= 11 is 0. The third-order valence-corrected chi connectivity index (χ3v) is 4.29. The summed E-state index contributed by atoms with van der Waals surface area (Å²) in [6, 6.07) is 14.5. The molecule has 0 N–H and O–H groups in total. The highest BCUT2D eigenvalue weighted by atomic mass is 16.5. The second-order valence-electron chi connectivity index (χ2n) is 6.52. The molecule has 0 aromatic heterocycles. The van der Waals surface area contributed by atoms with Gasteiger partial charge in [-0.05, 0) is 55.2 Å². The van der Waals surface area contributed by atoms with Crippen LogP contribution in [0.25, 0.3) is 0 Å². The average Bonchev–Trinajstić information content (AvgIpc) is 2.69. The van der Waals surface area contributed by atoms with Crippen molar-refractivity contribution >= 4 is 5.97 Å². The summed E-state index contributed by atoms with van der Waals surface area (Å²) in [5.74, 6) is 0.519. The molecule has 0 aliphatic rings. The van der Waals surface area contributed by atoms with Crippen LogP contribution in [0.1, 0.15) is 67.4 Å². The van der Waals surface area contributed by atoms with E-state index < -0.39 is 5.97 Å². The van der Waals surface area contributed by atoms with E-state index >= 15 is 0 Å². The lowest BCUT2D eigenvalue weighted by Gasteiger charge is -2.09. The van der Waals surface area contributed by atoms with Crippen molar-refractivity contribution < 1.29 is 14.3 Å². The maximum Gasteiger partial charge on any atom is 0.343 e. The molecule has 142 valence electrons. The first-order chi connectivity index (χ1) is 13.2. The summed E-state index contributed by atoms with van der Waals surface area (Å²) in [5.41, 5.74) is 1.91. The number of unbranched alkanes of at least 4 members (excludes halogenated alkanes) is 3. The van der Waals surface area contributed by atoms with Gasteiger partial charge in [0.25, 0.3) is 0 Å². The fourth-order valence-electron chi connectivity index (χ4n) is 2.67. The van der Waals surface area contributed by atoms with Crippen LogP contribution in [0, 0.1) is 11.3 Å². The highest BCUT2D eigenvalue weighted by molar-refractivity contribution is 5.91. The zero-order chi connectivity index (χ0) is 19.5. The van der Waals surface area contributed by atoms with Crippen LogP contribution < -0.4 is 9.47 Å². The van der Waals surface area contributed by atoms with Gasteiger partial charge in [0.05, 0.1) is 17.7 Å². The molecule has 0 saturated heterocycles. The Morgan fingerprint density at radius 3 is 2.41 bits per heavy atom. The van der Waals surface area contributed by atoms with Gasteiger partial charge < -0.3 is 9.47 Å². The van der Waals surface area contributed by atoms with Gasteiger partial charge in [-0.3, -0.25) is 0 Å². The maximum absolute atomic E-state index is 12.4. The Labute approximate surface area is 161 Å². The molecular formula is C23H27NO3. The number of nitriles is 1. The van der Waals surface area contributed by atoms with Crippen LogP contribution in [-0.2, 0) is 6.42 Å². The van der Waals surface area contributed by atoms with Gasteiger partial charge >= 0.3 is 5.97 Å². The molecule has 0 aliphatic heterocycles. The number of rotatable bonds is 10. The molecule has 2 aromatic rings. The smallest absolute Gasteiger partial charge is 0.343 e. The van der Waals surface area contributed by atoms with Crippen LogP contribution >= 0.6 is 0 Å². The molecule has 2 aromatic carbocycles. The van der Waals surface area contributed by atoms with Crippen molar-refractivity contribution in [1.82, 2.24) is 0 Å². The van der Waals surface area contributed by atoms with Crippen molar-refractivity contribution in [3.8, 4) is 17.6 Å². The number of carbonyl (C=O) groups is 1. The van der Waals surface area contributed by atoms with Crippen LogP contribution in [0.5, 0.6) is 11.5 Å². The maximum atomic E-state index is 12.4. The van der Waals surface area contributed by atoms with Gasteiger partial charge in [0.1, 0.15) is 17.6 Å². The molecule has 0 fully saturated rings. The number of ether oxygens (including phenoxy) is 2. The lowest BCUT2D eigenvalue weighted by molar-refractivity contribution is 0.0734. The van der Waals surface area contributed by atoms with E-state index in [1.54, 1.807) is 12.1 Å². The van der Waals surface area contributed by atoms with Crippen LogP contribution in [0.15, 0.2) is 42.5 Å². The number of benzene rings is 2. The molecule has 0 amide bonds. The van der Waals surface area contributed by atoms with Crippen molar-refractivity contribution in [2.24, 2.45) is 0 Å². The van der Waals surface area contributed by atoms with E-state index in [1.807, 2.05) is 24.3 Å². The number of carbonyl (C=O) groups excluding carboxylic acids is 1. The largest absolute Gasteiger partial charge is 0.492 e. The third-order valence-electron chi connectivity index (χ3n) is 4.29. The highest BCUT2D eigenvalue weighted by Crippen LogP contribution is 2.22. The number of aryl methyl sites for hydroxylation is 1. The SMILES string of the molecule is CCCCCc1ccc(OC(=O)c2ccc(OCCCC)c(C#N)c2)cc1. The number of hydrogen-bond acceptors (Lipinski definition) is 4. The summed E-state index contributed by atoms with van der Waals surface area (Å²) < 4.78 is 11.0. The van der Waals surface area contributed by atoms with E-state index in [1.165, 1.54) is 30.9 Å². The van der Waals surface area contributed by atoms with Gasteiger partial charge in [-0.2, -0.15) is 5.26 Å². The summed E-state index contributed by atoms with van der Waals surface area (Å²) in [7, 11) is 0. The second-order valence-corrected chi connectivity index (χ2v) is 6.52. The molecule has 0 heterocycles. The predicted octanol–water partition coefficient (Wildman–Crippen LogP) is 5.69. The molecule has 0 saturated carbocycles. The average molecular weight is 365 g/mol. The fraction of sp³-hybridized carbons (Fsp3) is 0.391. The molecule has 2 rings (SSSR count). The van der Waals surface area contributed by atoms with Crippen molar-refractivity contribution in [3.63, 3.8) is 0 Å². The molecule has 4 nitrogen and oxygen atoms in total. The summed E-state index contributed by atoms with van der Waals surface area (Å²) in [4.78, 5) is 12.4. The summed E-state index contributed by atoms with van der Waals surface area (Å²) in [5, 5.41) is 9.31. The zero-order valence-corrected chi connectivity index (χ0v) is 16.2. The molecule has 4 heteroatoms. The Balaban J connectivity index is 1.99. The number of hydrogen-bond donors (Lipinski definition) is 0. The van der Waals surface area contributed by atoms with Gasteiger partial charge in [-0.15, -0.1) is 0 Å². The first-order valence-corrected chi connectivity index (χ1v) is 9.66. The Kier molecular flexibility index (Phi) is 8.38. The second kappa shape index (κ2) is 11.0. The van der Waals surface area contributed by atoms with Gasteiger partial charge in [-0.1, -0.05) is 45.2 Å². The minimum Gasteiger partial charge on any atom is -0.492 e. The fourth-order valence-corrected chi connectivity index (χ4v) is 2.67. The quantitative estimate of drug-likeness (QED) is 0.308. The zero-order valence-electron chi connectivity index (χ0n) is 16.2. The first kappa shape index (κ1) is 20.5. The molecule has 0 spiro atoms. The Morgan fingerprint density at radius 2 is 1.74 bits per heavy atom. The third kappa shape index (κ3) is 6.45. The van der Waals surface area contributed by atoms with Crippen molar-refractivity contribution in [3.05, 3.63) is 59.2 Å². The van der Waals surface area contributed by atoms with E-state index in [2.05, 4.69) is 19.9 Å². The monoisotopic (exact) mass is 365 g/mol. The Hall–Kier alpha value is -2.80. The number of esters is 1. The topological polar surface area (TPSA) is 59.3 Å². The van der Waals surface area contributed by atoms with Gasteiger partial charge in [0.2, 0.25) is 0 Å². The number of nitrogens with zero attached hydrogens (tertiary/aromatic N) is 1. The lowest BCUT2D eigenvalue weighted by atomic mass is 10.1. The molecule has 0 atom stereocenters. The van der Waals surface area contributed by atoms with E-state index in [9.17, 15) is 10.1 Å². The van der Waals surface area contributed by atoms with Gasteiger partial charge in [0, 0.05) is 0 Å². The summed E-state index contributed by atoms with van der Waals surface area (Å²) in [6.07, 6.45) is 6.55. The van der Waals surface area contributed by atoms with E-state index in [0.29, 0.717) is 29.2 Å². The molecule has 0 aliphatic carbocycles. The molecule has 0 unspecified atom stereocenters. The van der Waals surface area contributed by atoms with Crippen molar-refractivity contribution in [2.75, 3.05) is 6.61 Å². The van der Waals surface area contributed by atoms with E-state index in [0.717, 1.165) is 19.3 Å². The minimum absolute atomic E-state index is 0.335. The van der Waals surface area contributed by atoms with Gasteiger partial charge in [0.15, 0.2) is 0 Å². The standard InChI is InChI=1S/C23H27NO3/c1-3-5-7-8-18-9-12-21(13-10-18)27-23(25)19-11-14-22(20(16-19)17-24)26-15-6-4-2/h9-14,16H,3-8,15H2,1-2H3. The van der Waals surface area contributed by atoms with Gasteiger partial charge in [-0.25, -0.2) is 4.79 Å². The molecular weight excluding hydrogens is 338 g/mol. The molecule has 0 radical (unpaired) electrons. The Morgan fingerprint density at radius 1 is 1.00 bits per heavy atom. The normalized spacial score (nSPS) is 10.3. The first-order valence-electron chi connectivity index (χ1n) is 9.66. The molecule has 0 bridgehead atoms. The van der Waals surface area contributed by atoms with Crippen molar-refractivity contribution in [2.45, 2.75) is 52.4 Å². The summed E-state index contributed by atoms with van der Waals surface area (Å²) in [6.45, 7) is 4.81. The minimum atomic E-state index is -0.481. The molecule has 27 heavy (non-hydrogen) atoms. The lowest BCUT2D eigenvalue weighted by Crippen LogP contribution is -2.09. The predicted molar refractivity (Wildman–Crippen MR) is 106 cm³/mol. The van der Waals surface area contributed by atoms with Crippen LogP contribution in [0.4, 0.5) is 0 Å². The van der Waals surface area contributed by atoms with E-state index in [4.69, 9.17) is 9.47 Å². The Bertz CT molecular complexity index is 775. The van der Waals surface area contributed by atoms with Crippen molar-refractivity contribution in [1.29, 1.82) is 5.26 Å².